The van der Waals surface area contributed by atoms with Crippen molar-refractivity contribution in [1.82, 2.24) is 0 Å². The lowest BCUT2D eigenvalue weighted by Crippen LogP contribution is -2.07. The van der Waals surface area contributed by atoms with Crippen LogP contribution in [0.3, 0.4) is 0 Å². The summed E-state index contributed by atoms with van der Waals surface area (Å²) >= 11 is 1.72. The number of ketones is 1. The fourth-order valence-electron chi connectivity index (χ4n) is 1.49. The van der Waals surface area contributed by atoms with Gasteiger partial charge in [0.15, 0.2) is 5.78 Å². The zero-order valence-electron chi connectivity index (χ0n) is 10.9. The van der Waals surface area contributed by atoms with Gasteiger partial charge in [-0.15, -0.1) is 0 Å². The minimum absolute atomic E-state index is 0.204. The molecule has 0 aliphatic heterocycles. The summed E-state index contributed by atoms with van der Waals surface area (Å²) in [6.45, 7) is 6.24. The Kier molecular flexibility index (Phi) is 5.56. The predicted octanol–water partition coefficient (Wildman–Crippen LogP) is 3.72. The average molecular weight is 252 g/mol. The van der Waals surface area contributed by atoms with Crippen LogP contribution in [0.2, 0.25) is 0 Å². The summed E-state index contributed by atoms with van der Waals surface area (Å²) in [5.74, 6) is 1.56. The maximum atomic E-state index is 12.0. The van der Waals surface area contributed by atoms with Crippen molar-refractivity contribution in [1.29, 1.82) is 0 Å². The van der Waals surface area contributed by atoms with E-state index in [9.17, 15) is 4.79 Å². The van der Waals surface area contributed by atoms with E-state index < -0.39 is 0 Å². The molecule has 17 heavy (non-hydrogen) atoms. The molecule has 3 heteroatoms. The Labute approximate surface area is 108 Å². The van der Waals surface area contributed by atoms with E-state index in [2.05, 4.69) is 13.8 Å². The molecule has 0 bridgehead atoms. The largest absolute Gasteiger partial charge is 0.497 e. The van der Waals surface area contributed by atoms with Crippen LogP contribution in [0.15, 0.2) is 18.2 Å². The standard InChI is InChI=1S/C14H20O2S/c1-5-11(3)17-9-14(15)13-7-6-12(16-4)8-10(13)2/h6-8,11H,5,9H2,1-4H3. The van der Waals surface area contributed by atoms with Gasteiger partial charge in [-0.25, -0.2) is 0 Å². The number of Topliss-reactive ketones (excluding diaryl/α,β-unsaturated/α-hetero) is 1. The molecule has 0 aliphatic rings. The van der Waals surface area contributed by atoms with Gasteiger partial charge in [-0.2, -0.15) is 11.8 Å². The molecule has 0 amide bonds. The molecule has 0 N–H and O–H groups in total. The first-order chi connectivity index (χ1) is 8.08. The average Bonchev–Trinajstić information content (AvgIpc) is 2.35. The van der Waals surface area contributed by atoms with Gasteiger partial charge in [-0.1, -0.05) is 13.8 Å². The third-order valence-electron chi connectivity index (χ3n) is 2.81. The SMILES string of the molecule is CCC(C)SCC(=O)c1ccc(OC)cc1C. The maximum absolute atomic E-state index is 12.0. The van der Waals surface area contributed by atoms with Crippen LogP contribution in [0, 0.1) is 6.92 Å². The first-order valence-corrected chi connectivity index (χ1v) is 6.92. The molecule has 1 aromatic carbocycles. The Morgan fingerprint density at radius 2 is 2.18 bits per heavy atom. The predicted molar refractivity (Wildman–Crippen MR) is 74.3 cm³/mol. The summed E-state index contributed by atoms with van der Waals surface area (Å²) in [4.78, 5) is 12.0. The summed E-state index contributed by atoms with van der Waals surface area (Å²) in [6, 6.07) is 5.60. The highest BCUT2D eigenvalue weighted by molar-refractivity contribution is 8.00. The van der Waals surface area contributed by atoms with E-state index in [0.717, 1.165) is 23.3 Å². The van der Waals surface area contributed by atoms with Crippen LogP contribution in [-0.2, 0) is 0 Å². The number of ether oxygens (including phenoxy) is 1. The Morgan fingerprint density at radius 1 is 1.47 bits per heavy atom. The van der Waals surface area contributed by atoms with Crippen molar-refractivity contribution in [2.45, 2.75) is 32.4 Å². The van der Waals surface area contributed by atoms with E-state index in [-0.39, 0.29) is 5.78 Å². The van der Waals surface area contributed by atoms with Crippen LogP contribution in [0.4, 0.5) is 0 Å². The number of methoxy groups -OCH3 is 1. The monoisotopic (exact) mass is 252 g/mol. The minimum atomic E-state index is 0.204. The van der Waals surface area contributed by atoms with Gasteiger partial charge >= 0.3 is 0 Å². The Balaban J connectivity index is 2.69. The molecule has 0 heterocycles. The second-order valence-corrected chi connectivity index (χ2v) is 5.56. The zero-order valence-corrected chi connectivity index (χ0v) is 11.8. The molecule has 0 aromatic heterocycles. The fourth-order valence-corrected chi connectivity index (χ4v) is 2.32. The van der Waals surface area contributed by atoms with Gasteiger partial charge in [0.2, 0.25) is 0 Å². The van der Waals surface area contributed by atoms with Crippen LogP contribution >= 0.6 is 11.8 Å². The topological polar surface area (TPSA) is 26.3 Å². The van der Waals surface area contributed by atoms with Crippen LogP contribution in [0.5, 0.6) is 5.75 Å². The van der Waals surface area contributed by atoms with Crippen molar-refractivity contribution in [3.05, 3.63) is 29.3 Å². The Bertz CT molecular complexity index is 388. The minimum Gasteiger partial charge on any atom is -0.497 e. The summed E-state index contributed by atoms with van der Waals surface area (Å²) < 4.78 is 5.13. The van der Waals surface area contributed by atoms with Crippen molar-refractivity contribution >= 4 is 17.5 Å². The van der Waals surface area contributed by atoms with Crippen molar-refractivity contribution in [3.63, 3.8) is 0 Å². The second kappa shape index (κ2) is 6.70. The van der Waals surface area contributed by atoms with Gasteiger partial charge < -0.3 is 4.74 Å². The highest BCUT2D eigenvalue weighted by Crippen LogP contribution is 2.20. The lowest BCUT2D eigenvalue weighted by atomic mass is 10.1. The van der Waals surface area contributed by atoms with Crippen LogP contribution in [0.25, 0.3) is 0 Å². The molecule has 1 rings (SSSR count). The molecule has 0 fully saturated rings. The number of aryl methyl sites for hydroxylation is 1. The normalized spacial score (nSPS) is 12.2. The summed E-state index contributed by atoms with van der Waals surface area (Å²) in [6.07, 6.45) is 1.10. The molecule has 0 saturated heterocycles. The number of carbonyl (C=O) groups excluding carboxylic acids is 1. The molecule has 1 aromatic rings. The van der Waals surface area contributed by atoms with Crippen molar-refractivity contribution < 1.29 is 9.53 Å². The number of thioether (sulfide) groups is 1. The van der Waals surface area contributed by atoms with E-state index in [1.165, 1.54) is 0 Å². The second-order valence-electron chi connectivity index (χ2n) is 4.13. The van der Waals surface area contributed by atoms with E-state index in [1.807, 2.05) is 25.1 Å². The van der Waals surface area contributed by atoms with E-state index >= 15 is 0 Å². The Hall–Kier alpha value is -0.960. The van der Waals surface area contributed by atoms with Gasteiger partial charge in [-0.3, -0.25) is 4.79 Å². The molecule has 0 saturated carbocycles. The van der Waals surface area contributed by atoms with Crippen LogP contribution in [-0.4, -0.2) is 23.9 Å². The highest BCUT2D eigenvalue weighted by atomic mass is 32.2. The molecular formula is C14H20O2S. The molecule has 94 valence electrons. The van der Waals surface area contributed by atoms with Gasteiger partial charge in [0, 0.05) is 10.8 Å². The molecular weight excluding hydrogens is 232 g/mol. The number of carbonyl (C=O) groups is 1. The van der Waals surface area contributed by atoms with Gasteiger partial charge in [0.25, 0.3) is 0 Å². The van der Waals surface area contributed by atoms with E-state index in [4.69, 9.17) is 4.74 Å². The van der Waals surface area contributed by atoms with Crippen LogP contribution in [0.1, 0.15) is 36.2 Å². The summed E-state index contributed by atoms with van der Waals surface area (Å²) in [5.41, 5.74) is 1.79. The Morgan fingerprint density at radius 3 is 2.71 bits per heavy atom. The quantitative estimate of drug-likeness (QED) is 0.722. The van der Waals surface area contributed by atoms with Crippen molar-refractivity contribution in [2.75, 3.05) is 12.9 Å². The zero-order chi connectivity index (χ0) is 12.8. The van der Waals surface area contributed by atoms with E-state index in [1.54, 1.807) is 18.9 Å². The van der Waals surface area contributed by atoms with Gasteiger partial charge in [0.05, 0.1) is 12.9 Å². The van der Waals surface area contributed by atoms with Crippen LogP contribution < -0.4 is 4.74 Å². The van der Waals surface area contributed by atoms with Crippen molar-refractivity contribution in [3.8, 4) is 5.75 Å². The molecule has 0 aliphatic carbocycles. The fraction of sp³-hybridized carbons (Fsp3) is 0.500. The number of rotatable bonds is 6. The highest BCUT2D eigenvalue weighted by Gasteiger charge is 2.11. The third kappa shape index (κ3) is 4.08. The molecule has 1 atom stereocenters. The molecule has 2 nitrogen and oxygen atoms in total. The van der Waals surface area contributed by atoms with Gasteiger partial charge in [-0.05, 0) is 37.1 Å². The molecule has 1 unspecified atom stereocenters. The lowest BCUT2D eigenvalue weighted by molar-refractivity contribution is 0.102. The number of hydrogen-bond donors (Lipinski definition) is 0. The first kappa shape index (κ1) is 14.1. The molecule has 0 spiro atoms. The third-order valence-corrected chi connectivity index (χ3v) is 4.14. The van der Waals surface area contributed by atoms with E-state index in [0.29, 0.717) is 11.0 Å². The maximum Gasteiger partial charge on any atom is 0.172 e. The number of hydrogen-bond acceptors (Lipinski definition) is 3. The summed E-state index contributed by atoms with van der Waals surface area (Å²) in [5, 5.41) is 0.539. The smallest absolute Gasteiger partial charge is 0.172 e. The number of benzene rings is 1. The summed E-state index contributed by atoms with van der Waals surface area (Å²) in [7, 11) is 1.63. The lowest BCUT2D eigenvalue weighted by Gasteiger charge is -2.09. The van der Waals surface area contributed by atoms with Gasteiger partial charge in [0.1, 0.15) is 5.75 Å². The molecule has 0 radical (unpaired) electrons. The first-order valence-electron chi connectivity index (χ1n) is 5.88. The van der Waals surface area contributed by atoms with Crippen molar-refractivity contribution in [2.24, 2.45) is 0 Å².